The van der Waals surface area contributed by atoms with Crippen LogP contribution < -0.4 is 19.1 Å². The van der Waals surface area contributed by atoms with Crippen molar-refractivity contribution >= 4 is 27.5 Å². The normalized spacial score (nSPS) is 11.8. The zero-order chi connectivity index (χ0) is 29.1. The van der Waals surface area contributed by atoms with Crippen LogP contribution in [-0.4, -0.2) is 57.6 Å². The fraction of sp³-hybridized carbons (Fsp3) is 0.333. The molecule has 0 aliphatic carbocycles. The lowest BCUT2D eigenvalue weighted by Crippen LogP contribution is -2.52. The van der Waals surface area contributed by atoms with Crippen molar-refractivity contribution in [3.05, 3.63) is 90.0 Å². The van der Waals surface area contributed by atoms with Gasteiger partial charge in [-0.2, -0.15) is 0 Å². The molecule has 0 radical (unpaired) electrons. The zero-order valence-corrected chi connectivity index (χ0v) is 24.2. The Morgan fingerprint density at radius 1 is 0.900 bits per heavy atom. The van der Waals surface area contributed by atoms with Crippen molar-refractivity contribution in [2.45, 2.75) is 39.5 Å². The molecule has 3 aromatic carbocycles. The number of nitrogens with one attached hydrogen (secondary N) is 1. The Bertz CT molecular complexity index is 1360. The van der Waals surface area contributed by atoms with Crippen molar-refractivity contribution < 1.29 is 27.5 Å². The topological polar surface area (TPSA) is 105 Å². The van der Waals surface area contributed by atoms with Gasteiger partial charge < -0.3 is 19.7 Å². The highest BCUT2D eigenvalue weighted by Crippen LogP contribution is 2.24. The summed E-state index contributed by atoms with van der Waals surface area (Å²) in [6.07, 6.45) is 1.40. The predicted molar refractivity (Wildman–Crippen MR) is 156 cm³/mol. The van der Waals surface area contributed by atoms with Crippen LogP contribution in [0.4, 0.5) is 5.69 Å². The van der Waals surface area contributed by atoms with E-state index in [0.29, 0.717) is 36.8 Å². The van der Waals surface area contributed by atoms with E-state index in [9.17, 15) is 18.0 Å². The summed E-state index contributed by atoms with van der Waals surface area (Å²) in [5, 5.41) is 2.78. The van der Waals surface area contributed by atoms with E-state index >= 15 is 0 Å². The number of ether oxygens (including phenoxy) is 2. The molecule has 0 aromatic heterocycles. The molecule has 3 rings (SSSR count). The van der Waals surface area contributed by atoms with Crippen LogP contribution in [-0.2, 0) is 32.8 Å². The number of anilines is 1. The van der Waals surface area contributed by atoms with E-state index < -0.39 is 28.5 Å². The molecule has 0 heterocycles. The van der Waals surface area contributed by atoms with Crippen molar-refractivity contribution in [2.24, 2.45) is 0 Å². The molecule has 0 fully saturated rings. The highest BCUT2D eigenvalue weighted by molar-refractivity contribution is 7.92. The molecule has 1 N–H and O–H groups in total. The maximum absolute atomic E-state index is 13.8. The quantitative estimate of drug-likeness (QED) is 0.316. The third kappa shape index (κ3) is 8.47. The van der Waals surface area contributed by atoms with Gasteiger partial charge in [0.2, 0.25) is 21.8 Å². The maximum atomic E-state index is 13.8. The summed E-state index contributed by atoms with van der Waals surface area (Å²) < 4.78 is 37.8. The van der Waals surface area contributed by atoms with E-state index in [1.165, 1.54) is 4.90 Å². The second kappa shape index (κ2) is 14.4. The molecule has 2 amide bonds. The average molecular weight is 568 g/mol. The highest BCUT2D eigenvalue weighted by Gasteiger charge is 2.31. The Morgan fingerprint density at radius 2 is 1.57 bits per heavy atom. The minimum Gasteiger partial charge on any atom is -0.497 e. The molecule has 0 saturated carbocycles. The lowest BCUT2D eigenvalue weighted by Gasteiger charge is -2.32. The molecule has 9 nitrogen and oxygen atoms in total. The number of amides is 2. The van der Waals surface area contributed by atoms with Crippen molar-refractivity contribution in [3.8, 4) is 11.5 Å². The molecule has 0 aliphatic heterocycles. The van der Waals surface area contributed by atoms with Crippen molar-refractivity contribution in [3.63, 3.8) is 0 Å². The van der Waals surface area contributed by atoms with E-state index in [2.05, 4.69) is 5.32 Å². The third-order valence-electron chi connectivity index (χ3n) is 6.28. The van der Waals surface area contributed by atoms with Gasteiger partial charge in [-0.25, -0.2) is 8.42 Å². The van der Waals surface area contributed by atoms with Gasteiger partial charge in [0.05, 0.1) is 19.1 Å². The summed E-state index contributed by atoms with van der Waals surface area (Å²) >= 11 is 0. The molecule has 0 spiro atoms. The van der Waals surface area contributed by atoms with Crippen LogP contribution in [0.15, 0.2) is 78.9 Å². The van der Waals surface area contributed by atoms with Crippen LogP contribution in [0.25, 0.3) is 0 Å². The number of rotatable bonds is 14. The lowest BCUT2D eigenvalue weighted by molar-refractivity contribution is -0.140. The van der Waals surface area contributed by atoms with Gasteiger partial charge in [0, 0.05) is 13.1 Å². The molecule has 0 bridgehead atoms. The fourth-order valence-corrected chi connectivity index (χ4v) is 5.09. The molecule has 40 heavy (non-hydrogen) atoms. The van der Waals surface area contributed by atoms with Gasteiger partial charge in [-0.05, 0) is 60.9 Å². The largest absolute Gasteiger partial charge is 0.497 e. The third-order valence-corrected chi connectivity index (χ3v) is 7.42. The first-order valence-corrected chi connectivity index (χ1v) is 15.0. The number of carbonyl (C=O) groups is 2. The number of carbonyl (C=O) groups excluding carboxylic acids is 2. The van der Waals surface area contributed by atoms with Gasteiger partial charge in [-0.1, -0.05) is 49.4 Å². The Morgan fingerprint density at radius 3 is 2.17 bits per heavy atom. The average Bonchev–Trinajstić information content (AvgIpc) is 2.95. The van der Waals surface area contributed by atoms with E-state index in [-0.39, 0.29) is 12.5 Å². The summed E-state index contributed by atoms with van der Waals surface area (Å²) in [5.74, 6) is 0.375. The van der Waals surface area contributed by atoms with Crippen molar-refractivity contribution in [1.82, 2.24) is 10.2 Å². The maximum Gasteiger partial charge on any atom is 0.244 e. The lowest BCUT2D eigenvalue weighted by atomic mass is 10.1. The van der Waals surface area contributed by atoms with E-state index in [1.54, 1.807) is 56.5 Å². The summed E-state index contributed by atoms with van der Waals surface area (Å²) in [6.45, 7) is 4.03. The van der Waals surface area contributed by atoms with Crippen LogP contribution in [0.1, 0.15) is 31.4 Å². The van der Waals surface area contributed by atoms with Gasteiger partial charge in [-0.15, -0.1) is 0 Å². The number of nitrogens with zero attached hydrogens (tertiary/aromatic N) is 2. The number of benzene rings is 3. The fourth-order valence-electron chi connectivity index (χ4n) is 4.24. The number of sulfonamides is 1. The van der Waals surface area contributed by atoms with Crippen LogP contribution in [0.2, 0.25) is 0 Å². The van der Waals surface area contributed by atoms with Gasteiger partial charge in [0.15, 0.2) is 0 Å². The Balaban J connectivity index is 1.85. The van der Waals surface area contributed by atoms with Crippen molar-refractivity contribution in [2.75, 3.05) is 30.8 Å². The van der Waals surface area contributed by atoms with Gasteiger partial charge in [0.1, 0.15) is 30.7 Å². The minimum atomic E-state index is -3.84. The van der Waals surface area contributed by atoms with Gasteiger partial charge in [-0.3, -0.25) is 13.9 Å². The standard InChI is InChI=1S/C30H37N3O6S/c1-5-28(30(35)31-6-2)32(20-24-13-10-14-27(19-24)38-3)29(34)21-33(40(4,36)37)25-15-17-26(18-16-25)39-22-23-11-8-7-9-12-23/h7-19,28H,5-6,20-22H2,1-4H3,(H,31,35)/t28-/m1/s1. The van der Waals surface area contributed by atoms with E-state index in [4.69, 9.17) is 9.47 Å². The minimum absolute atomic E-state index is 0.107. The van der Waals surface area contributed by atoms with Crippen LogP contribution in [0, 0.1) is 0 Å². The summed E-state index contributed by atoms with van der Waals surface area (Å²) in [7, 11) is -2.29. The Hall–Kier alpha value is -4.05. The molecule has 3 aromatic rings. The molecule has 0 saturated heterocycles. The molecule has 10 heteroatoms. The molecular formula is C30H37N3O6S. The first-order chi connectivity index (χ1) is 19.2. The Labute approximate surface area is 236 Å². The SMILES string of the molecule is CCNC(=O)[C@@H](CC)N(Cc1cccc(OC)c1)C(=O)CN(c1ccc(OCc2ccccc2)cc1)S(C)(=O)=O. The second-order valence-electron chi connectivity index (χ2n) is 9.23. The number of hydrogen-bond donors (Lipinski definition) is 1. The zero-order valence-electron chi connectivity index (χ0n) is 23.4. The molecule has 0 unspecified atom stereocenters. The second-order valence-corrected chi connectivity index (χ2v) is 11.1. The molecule has 214 valence electrons. The molecular weight excluding hydrogens is 530 g/mol. The number of hydrogen-bond acceptors (Lipinski definition) is 6. The number of likely N-dealkylation sites (N-methyl/N-ethyl adjacent to an activating group) is 1. The summed E-state index contributed by atoms with van der Waals surface area (Å²) in [4.78, 5) is 28.1. The van der Waals surface area contributed by atoms with Crippen molar-refractivity contribution in [1.29, 1.82) is 0 Å². The van der Waals surface area contributed by atoms with Gasteiger partial charge >= 0.3 is 0 Å². The van der Waals surface area contributed by atoms with Crippen LogP contribution in [0.5, 0.6) is 11.5 Å². The monoisotopic (exact) mass is 567 g/mol. The summed E-state index contributed by atoms with van der Waals surface area (Å²) in [6, 6.07) is 22.6. The van der Waals surface area contributed by atoms with Crippen LogP contribution in [0.3, 0.4) is 0 Å². The first-order valence-electron chi connectivity index (χ1n) is 13.1. The first kappa shape index (κ1) is 30.5. The Kier molecular flexibility index (Phi) is 11.0. The molecule has 1 atom stereocenters. The van der Waals surface area contributed by atoms with E-state index in [1.807, 2.05) is 43.3 Å². The highest BCUT2D eigenvalue weighted by atomic mass is 32.2. The number of methoxy groups -OCH3 is 1. The predicted octanol–water partition coefficient (Wildman–Crippen LogP) is 3.98. The van der Waals surface area contributed by atoms with E-state index in [0.717, 1.165) is 21.7 Å². The van der Waals surface area contributed by atoms with Crippen LogP contribution >= 0.6 is 0 Å². The summed E-state index contributed by atoms with van der Waals surface area (Å²) in [5.41, 5.74) is 2.07. The smallest absolute Gasteiger partial charge is 0.244 e. The molecule has 0 aliphatic rings. The van der Waals surface area contributed by atoms with Gasteiger partial charge in [0.25, 0.3) is 0 Å².